The maximum Gasteiger partial charge on any atom is 0.269 e. The van der Waals surface area contributed by atoms with E-state index in [1.165, 1.54) is 23.5 Å². The Bertz CT molecular complexity index is 1130. The van der Waals surface area contributed by atoms with Gasteiger partial charge in [-0.2, -0.15) is 5.10 Å². The number of nitrogens with zero attached hydrogens (tertiary/aromatic N) is 3. The lowest BCUT2D eigenvalue weighted by Crippen LogP contribution is -1.91. The summed E-state index contributed by atoms with van der Waals surface area (Å²) in [6.07, 6.45) is 1.77. The average molecular weight is 374 g/mol. The van der Waals surface area contributed by atoms with E-state index in [9.17, 15) is 10.1 Å². The number of nitrogens with one attached hydrogen (secondary N) is 1. The van der Waals surface area contributed by atoms with Crippen LogP contribution in [0.15, 0.2) is 77.2 Å². The summed E-state index contributed by atoms with van der Waals surface area (Å²) in [5, 5.41) is 19.9. The van der Waals surface area contributed by atoms with Crippen LogP contribution in [0.4, 0.5) is 10.8 Å². The van der Waals surface area contributed by atoms with Gasteiger partial charge in [-0.25, -0.2) is 4.98 Å². The Balaban J connectivity index is 1.49. The van der Waals surface area contributed by atoms with Crippen molar-refractivity contribution in [2.45, 2.75) is 0 Å². The summed E-state index contributed by atoms with van der Waals surface area (Å²) in [5.74, 6) is 0. The van der Waals surface area contributed by atoms with Crippen molar-refractivity contribution >= 4 is 39.1 Å². The van der Waals surface area contributed by atoms with Crippen LogP contribution in [0.1, 0.15) is 5.56 Å². The van der Waals surface area contributed by atoms with E-state index in [0.29, 0.717) is 5.13 Å². The van der Waals surface area contributed by atoms with E-state index in [1.54, 1.807) is 18.3 Å². The minimum absolute atomic E-state index is 0.0621. The molecular formula is C20H14N4O2S. The van der Waals surface area contributed by atoms with E-state index in [-0.39, 0.29) is 5.69 Å². The van der Waals surface area contributed by atoms with Gasteiger partial charge in [0, 0.05) is 28.6 Å². The van der Waals surface area contributed by atoms with Crippen molar-refractivity contribution in [1.29, 1.82) is 0 Å². The van der Waals surface area contributed by atoms with Crippen LogP contribution in [-0.2, 0) is 0 Å². The number of nitro benzene ring substituents is 1. The third kappa shape index (κ3) is 3.68. The monoisotopic (exact) mass is 374 g/mol. The molecule has 0 atom stereocenters. The molecule has 1 aromatic heterocycles. The molecule has 1 heterocycles. The van der Waals surface area contributed by atoms with E-state index in [2.05, 4.69) is 33.7 Å². The third-order valence-corrected chi connectivity index (χ3v) is 4.81. The molecule has 0 saturated carbocycles. The van der Waals surface area contributed by atoms with E-state index in [1.807, 2.05) is 29.6 Å². The fourth-order valence-electron chi connectivity index (χ4n) is 2.73. The zero-order chi connectivity index (χ0) is 18.6. The molecule has 0 aliphatic rings. The highest BCUT2D eigenvalue weighted by Crippen LogP contribution is 2.26. The van der Waals surface area contributed by atoms with Crippen molar-refractivity contribution in [1.82, 2.24) is 4.98 Å². The number of rotatable bonds is 5. The molecule has 4 aromatic rings. The maximum absolute atomic E-state index is 10.7. The average Bonchev–Trinajstić information content (AvgIpc) is 3.17. The lowest BCUT2D eigenvalue weighted by Gasteiger charge is -2.01. The molecule has 132 valence electrons. The van der Waals surface area contributed by atoms with Gasteiger partial charge in [0.15, 0.2) is 0 Å². The van der Waals surface area contributed by atoms with Crippen LogP contribution in [0.5, 0.6) is 0 Å². The molecule has 0 spiro atoms. The number of aromatic nitrogens is 1. The predicted octanol–water partition coefficient (Wildman–Crippen LogP) is 5.32. The van der Waals surface area contributed by atoms with Crippen LogP contribution in [0.25, 0.3) is 22.0 Å². The summed E-state index contributed by atoms with van der Waals surface area (Å²) in [6, 6.07) is 20.5. The molecule has 1 N–H and O–H groups in total. The number of hydrogen-bond acceptors (Lipinski definition) is 6. The number of hydrazone groups is 1. The van der Waals surface area contributed by atoms with Crippen LogP contribution in [0.2, 0.25) is 0 Å². The van der Waals surface area contributed by atoms with Gasteiger partial charge in [-0.1, -0.05) is 42.5 Å². The van der Waals surface area contributed by atoms with Gasteiger partial charge < -0.3 is 0 Å². The van der Waals surface area contributed by atoms with Crippen molar-refractivity contribution in [3.63, 3.8) is 0 Å². The number of thiazole rings is 1. The SMILES string of the molecule is O=[N+]([O-])c1ccc(-c2csc(N/N=C\c3cccc4ccccc34)n2)cc1. The molecule has 3 aromatic carbocycles. The first-order valence-corrected chi connectivity index (χ1v) is 9.06. The second-order valence-corrected chi connectivity index (χ2v) is 6.64. The van der Waals surface area contributed by atoms with Gasteiger partial charge in [0.25, 0.3) is 5.69 Å². The van der Waals surface area contributed by atoms with E-state index in [4.69, 9.17) is 0 Å². The molecule has 0 aliphatic carbocycles. The van der Waals surface area contributed by atoms with Crippen LogP contribution in [-0.4, -0.2) is 16.1 Å². The maximum atomic E-state index is 10.7. The molecule has 0 fully saturated rings. The van der Waals surface area contributed by atoms with Gasteiger partial charge in [-0.3, -0.25) is 15.5 Å². The largest absolute Gasteiger partial charge is 0.269 e. The summed E-state index contributed by atoms with van der Waals surface area (Å²) in [6.45, 7) is 0. The normalized spacial score (nSPS) is 11.1. The summed E-state index contributed by atoms with van der Waals surface area (Å²) >= 11 is 1.42. The lowest BCUT2D eigenvalue weighted by molar-refractivity contribution is -0.384. The van der Waals surface area contributed by atoms with Crippen molar-refractivity contribution in [2.75, 3.05) is 5.43 Å². The molecule has 0 radical (unpaired) electrons. The zero-order valence-corrected chi connectivity index (χ0v) is 14.9. The van der Waals surface area contributed by atoms with Gasteiger partial charge in [0.2, 0.25) is 5.13 Å². The Morgan fingerprint density at radius 1 is 1.04 bits per heavy atom. The first kappa shape index (κ1) is 16.9. The van der Waals surface area contributed by atoms with Crippen molar-refractivity contribution < 1.29 is 4.92 Å². The number of non-ortho nitro benzene ring substituents is 1. The number of fused-ring (bicyclic) bond motifs is 1. The Hall–Kier alpha value is -3.58. The number of benzene rings is 3. The van der Waals surface area contributed by atoms with Crippen molar-refractivity contribution in [3.8, 4) is 11.3 Å². The lowest BCUT2D eigenvalue weighted by atomic mass is 10.1. The third-order valence-electron chi connectivity index (χ3n) is 4.07. The first-order valence-electron chi connectivity index (χ1n) is 8.18. The fourth-order valence-corrected chi connectivity index (χ4v) is 3.40. The minimum atomic E-state index is -0.417. The Morgan fingerprint density at radius 2 is 1.81 bits per heavy atom. The summed E-state index contributed by atoms with van der Waals surface area (Å²) in [7, 11) is 0. The highest BCUT2D eigenvalue weighted by atomic mass is 32.1. The molecule has 27 heavy (non-hydrogen) atoms. The smallest absolute Gasteiger partial charge is 0.258 e. The molecule has 0 bridgehead atoms. The predicted molar refractivity (Wildman–Crippen MR) is 109 cm³/mol. The van der Waals surface area contributed by atoms with Gasteiger partial charge in [0.1, 0.15) is 0 Å². The van der Waals surface area contributed by atoms with Crippen LogP contribution < -0.4 is 5.43 Å². The molecule has 6 nitrogen and oxygen atoms in total. The van der Waals surface area contributed by atoms with Gasteiger partial charge >= 0.3 is 0 Å². The van der Waals surface area contributed by atoms with E-state index >= 15 is 0 Å². The first-order chi connectivity index (χ1) is 13.2. The number of anilines is 1. The molecule has 0 aliphatic heterocycles. The number of nitro groups is 1. The van der Waals surface area contributed by atoms with Crippen molar-refractivity contribution in [2.24, 2.45) is 5.10 Å². The fraction of sp³-hybridized carbons (Fsp3) is 0. The Labute approximate surface area is 159 Å². The van der Waals surface area contributed by atoms with Crippen LogP contribution in [0.3, 0.4) is 0 Å². The molecular weight excluding hydrogens is 360 g/mol. The van der Waals surface area contributed by atoms with Crippen LogP contribution in [0, 0.1) is 10.1 Å². The Kier molecular flexibility index (Phi) is 4.59. The highest BCUT2D eigenvalue weighted by Gasteiger charge is 2.08. The molecule has 0 amide bonds. The van der Waals surface area contributed by atoms with Crippen LogP contribution >= 0.6 is 11.3 Å². The summed E-state index contributed by atoms with van der Waals surface area (Å²) in [5.41, 5.74) is 5.60. The van der Waals surface area contributed by atoms with Gasteiger partial charge in [-0.15, -0.1) is 11.3 Å². The molecule has 0 unspecified atom stereocenters. The minimum Gasteiger partial charge on any atom is -0.258 e. The number of hydrogen-bond donors (Lipinski definition) is 1. The zero-order valence-electron chi connectivity index (χ0n) is 14.1. The highest BCUT2D eigenvalue weighted by molar-refractivity contribution is 7.14. The topological polar surface area (TPSA) is 80.4 Å². The molecule has 7 heteroatoms. The van der Waals surface area contributed by atoms with Crippen molar-refractivity contribution in [3.05, 3.63) is 87.8 Å². The molecule has 4 rings (SSSR count). The second kappa shape index (κ2) is 7.35. The van der Waals surface area contributed by atoms with E-state index < -0.39 is 4.92 Å². The van der Waals surface area contributed by atoms with E-state index in [0.717, 1.165) is 27.6 Å². The standard InChI is InChI=1S/C20H14N4O2S/c25-24(26)17-10-8-15(9-11-17)19-13-27-20(22-19)23-21-12-16-6-3-5-14-4-1-2-7-18(14)16/h1-13H,(H,22,23)/b21-12-. The Morgan fingerprint density at radius 3 is 2.63 bits per heavy atom. The quantitative estimate of drug-likeness (QED) is 0.291. The second-order valence-electron chi connectivity index (χ2n) is 5.78. The van der Waals surface area contributed by atoms with Gasteiger partial charge in [0.05, 0.1) is 16.8 Å². The van der Waals surface area contributed by atoms with Gasteiger partial charge in [-0.05, 0) is 22.9 Å². The summed E-state index contributed by atoms with van der Waals surface area (Å²) in [4.78, 5) is 14.8. The molecule has 0 saturated heterocycles. The summed E-state index contributed by atoms with van der Waals surface area (Å²) < 4.78 is 0.